The Hall–Kier alpha value is -3.68. The molecule has 0 bridgehead atoms. The van der Waals surface area contributed by atoms with E-state index < -0.39 is 5.82 Å². The molecular weight excluding hydrogens is 351 g/mol. The second kappa shape index (κ2) is 7.69. The molecule has 2 N–H and O–H groups in total. The van der Waals surface area contributed by atoms with E-state index in [4.69, 9.17) is 4.74 Å². The van der Waals surface area contributed by atoms with E-state index in [1.807, 2.05) is 0 Å². The molecule has 0 aliphatic heterocycles. The summed E-state index contributed by atoms with van der Waals surface area (Å²) in [7, 11) is 3.12. The number of ether oxygens (including phenoxy) is 1. The summed E-state index contributed by atoms with van der Waals surface area (Å²) < 4.78 is 19.7. The molecule has 0 radical (unpaired) electrons. The van der Waals surface area contributed by atoms with Crippen molar-refractivity contribution < 1.29 is 18.7 Å². The molecule has 0 spiro atoms. The molecule has 2 amide bonds. The molecule has 27 heavy (non-hydrogen) atoms. The van der Waals surface area contributed by atoms with Gasteiger partial charge in [-0.1, -0.05) is 6.07 Å². The molecule has 1 heterocycles. The number of carbonyl (C=O) groups is 2. The Balaban J connectivity index is 1.67. The van der Waals surface area contributed by atoms with Crippen LogP contribution in [0.1, 0.15) is 20.7 Å². The number of halogens is 1. The number of carbonyl (C=O) groups excluding carboxylic acids is 2. The predicted molar refractivity (Wildman–Crippen MR) is 98.5 cm³/mol. The molecule has 1 aromatic heterocycles. The average Bonchev–Trinajstić information content (AvgIpc) is 3.03. The van der Waals surface area contributed by atoms with Gasteiger partial charge in [-0.15, -0.1) is 5.10 Å². The highest BCUT2D eigenvalue weighted by atomic mass is 19.1. The molecule has 0 saturated heterocycles. The molecular formula is C19H17FN4O3. The molecule has 8 heteroatoms. The Labute approximate surface area is 154 Å². The van der Waals surface area contributed by atoms with Crippen molar-refractivity contribution in [2.24, 2.45) is 7.05 Å². The lowest BCUT2D eigenvalue weighted by molar-refractivity contribution is 0.101. The van der Waals surface area contributed by atoms with Gasteiger partial charge in [0.05, 0.1) is 7.11 Å². The third kappa shape index (κ3) is 4.30. The fraction of sp³-hybridized carbons (Fsp3) is 0.105. The maximum atomic E-state index is 13.2. The normalized spacial score (nSPS) is 10.3. The van der Waals surface area contributed by atoms with Gasteiger partial charge in [0.2, 0.25) is 5.88 Å². The predicted octanol–water partition coefficient (Wildman–Crippen LogP) is 3.07. The highest BCUT2D eigenvalue weighted by Gasteiger charge is 2.16. The zero-order chi connectivity index (χ0) is 19.4. The highest BCUT2D eigenvalue weighted by molar-refractivity contribution is 6.07. The van der Waals surface area contributed by atoms with Gasteiger partial charge in [-0.25, -0.2) is 4.39 Å². The SMILES string of the molecule is COc1nn(C)cc1C(=O)Nc1ccc(C(=O)Nc2cccc(F)c2)cc1. The average molecular weight is 368 g/mol. The van der Waals surface area contributed by atoms with E-state index in [-0.39, 0.29) is 17.7 Å². The number of anilines is 2. The number of aromatic nitrogens is 2. The maximum Gasteiger partial charge on any atom is 0.262 e. The van der Waals surface area contributed by atoms with Crippen molar-refractivity contribution in [2.75, 3.05) is 17.7 Å². The summed E-state index contributed by atoms with van der Waals surface area (Å²) in [6.07, 6.45) is 1.55. The van der Waals surface area contributed by atoms with Crippen molar-refractivity contribution in [1.82, 2.24) is 9.78 Å². The van der Waals surface area contributed by atoms with Crippen LogP contribution in [-0.4, -0.2) is 28.7 Å². The van der Waals surface area contributed by atoms with E-state index in [2.05, 4.69) is 15.7 Å². The summed E-state index contributed by atoms with van der Waals surface area (Å²) in [5.74, 6) is -0.970. The Morgan fingerprint density at radius 3 is 2.41 bits per heavy atom. The Morgan fingerprint density at radius 1 is 1.04 bits per heavy atom. The van der Waals surface area contributed by atoms with Crippen LogP contribution in [0.25, 0.3) is 0 Å². The third-order valence-electron chi connectivity index (χ3n) is 3.72. The topological polar surface area (TPSA) is 85.2 Å². The first kappa shape index (κ1) is 18.1. The number of hydrogen-bond donors (Lipinski definition) is 2. The van der Waals surface area contributed by atoms with Gasteiger partial charge >= 0.3 is 0 Å². The van der Waals surface area contributed by atoms with Gasteiger partial charge in [0.1, 0.15) is 11.4 Å². The first-order valence-corrected chi connectivity index (χ1v) is 8.02. The van der Waals surface area contributed by atoms with Crippen LogP contribution >= 0.6 is 0 Å². The number of methoxy groups -OCH3 is 1. The molecule has 3 aromatic rings. The second-order valence-electron chi connectivity index (χ2n) is 5.72. The van der Waals surface area contributed by atoms with Crippen molar-refractivity contribution >= 4 is 23.2 Å². The van der Waals surface area contributed by atoms with Crippen LogP contribution in [0.3, 0.4) is 0 Å². The lowest BCUT2D eigenvalue weighted by atomic mass is 10.2. The molecule has 0 fully saturated rings. The van der Waals surface area contributed by atoms with Crippen LogP contribution in [0.15, 0.2) is 54.7 Å². The molecule has 0 saturated carbocycles. The van der Waals surface area contributed by atoms with Gasteiger partial charge in [0.15, 0.2) is 0 Å². The summed E-state index contributed by atoms with van der Waals surface area (Å²) in [5.41, 5.74) is 1.54. The van der Waals surface area contributed by atoms with E-state index in [1.54, 1.807) is 43.6 Å². The number of hydrogen-bond acceptors (Lipinski definition) is 4. The summed E-state index contributed by atoms with van der Waals surface area (Å²) >= 11 is 0. The molecule has 0 aliphatic rings. The van der Waals surface area contributed by atoms with Gasteiger partial charge in [-0.05, 0) is 42.5 Å². The molecule has 2 aromatic carbocycles. The summed E-state index contributed by atoms with van der Waals surface area (Å²) in [5, 5.41) is 9.35. The number of rotatable bonds is 5. The quantitative estimate of drug-likeness (QED) is 0.725. The van der Waals surface area contributed by atoms with Crippen molar-refractivity contribution in [3.8, 4) is 5.88 Å². The smallest absolute Gasteiger partial charge is 0.262 e. The van der Waals surface area contributed by atoms with Crippen LogP contribution in [0.4, 0.5) is 15.8 Å². The standard InChI is InChI=1S/C19H17FN4O3/c1-24-11-16(19(23-24)27-2)18(26)21-14-8-6-12(7-9-14)17(25)22-15-5-3-4-13(20)10-15/h3-11H,1-2H3,(H,21,26)(H,22,25). The fourth-order valence-corrected chi connectivity index (χ4v) is 2.45. The summed E-state index contributed by atoms with van der Waals surface area (Å²) in [6.45, 7) is 0. The Bertz CT molecular complexity index is 983. The Morgan fingerprint density at radius 2 is 1.74 bits per heavy atom. The number of amides is 2. The monoisotopic (exact) mass is 368 g/mol. The maximum absolute atomic E-state index is 13.2. The molecule has 3 rings (SSSR count). The minimum absolute atomic E-state index is 0.223. The minimum Gasteiger partial charge on any atom is -0.479 e. The number of aryl methyl sites for hydroxylation is 1. The van der Waals surface area contributed by atoms with Gasteiger partial charge < -0.3 is 15.4 Å². The Kier molecular flexibility index (Phi) is 5.16. The van der Waals surface area contributed by atoms with E-state index >= 15 is 0 Å². The fourth-order valence-electron chi connectivity index (χ4n) is 2.45. The van der Waals surface area contributed by atoms with E-state index in [0.717, 1.165) is 0 Å². The zero-order valence-corrected chi connectivity index (χ0v) is 14.7. The molecule has 0 atom stereocenters. The molecule has 7 nitrogen and oxygen atoms in total. The summed E-state index contributed by atoms with van der Waals surface area (Å²) in [6, 6.07) is 11.9. The van der Waals surface area contributed by atoms with E-state index in [0.29, 0.717) is 22.5 Å². The minimum atomic E-state index is -0.434. The largest absolute Gasteiger partial charge is 0.479 e. The lowest BCUT2D eigenvalue weighted by Gasteiger charge is -2.08. The van der Waals surface area contributed by atoms with Crippen LogP contribution in [0.2, 0.25) is 0 Å². The van der Waals surface area contributed by atoms with Crippen molar-refractivity contribution in [3.63, 3.8) is 0 Å². The van der Waals surface area contributed by atoms with Gasteiger partial charge in [0.25, 0.3) is 11.8 Å². The molecule has 0 aliphatic carbocycles. The number of nitrogens with one attached hydrogen (secondary N) is 2. The van der Waals surface area contributed by atoms with Crippen LogP contribution in [0, 0.1) is 5.82 Å². The number of nitrogens with zero attached hydrogens (tertiary/aromatic N) is 2. The van der Waals surface area contributed by atoms with Crippen molar-refractivity contribution in [1.29, 1.82) is 0 Å². The van der Waals surface area contributed by atoms with E-state index in [1.165, 1.54) is 30.0 Å². The van der Waals surface area contributed by atoms with Crippen LogP contribution in [-0.2, 0) is 7.05 Å². The third-order valence-corrected chi connectivity index (χ3v) is 3.72. The zero-order valence-electron chi connectivity index (χ0n) is 14.7. The number of benzene rings is 2. The van der Waals surface area contributed by atoms with Crippen molar-refractivity contribution in [3.05, 3.63) is 71.7 Å². The van der Waals surface area contributed by atoms with Gasteiger partial charge in [-0.2, -0.15) is 0 Å². The molecule has 0 unspecified atom stereocenters. The van der Waals surface area contributed by atoms with E-state index in [9.17, 15) is 14.0 Å². The summed E-state index contributed by atoms with van der Waals surface area (Å²) in [4.78, 5) is 24.6. The second-order valence-corrected chi connectivity index (χ2v) is 5.72. The first-order valence-electron chi connectivity index (χ1n) is 8.02. The lowest BCUT2D eigenvalue weighted by Crippen LogP contribution is -2.14. The highest BCUT2D eigenvalue weighted by Crippen LogP contribution is 2.18. The van der Waals surface area contributed by atoms with Gasteiger partial charge in [0, 0.05) is 30.2 Å². The van der Waals surface area contributed by atoms with Crippen LogP contribution in [0.5, 0.6) is 5.88 Å². The molecule has 138 valence electrons. The van der Waals surface area contributed by atoms with Crippen LogP contribution < -0.4 is 15.4 Å². The van der Waals surface area contributed by atoms with Gasteiger partial charge in [-0.3, -0.25) is 14.3 Å². The van der Waals surface area contributed by atoms with Crippen molar-refractivity contribution in [2.45, 2.75) is 0 Å². The first-order chi connectivity index (χ1) is 13.0.